The third-order valence-corrected chi connectivity index (χ3v) is 6.96. The Kier molecular flexibility index (Phi) is 5.31. The number of hydrogen-bond acceptors (Lipinski definition) is 5. The molecule has 1 atom stereocenters. The molecule has 4 rings (SSSR count). The van der Waals surface area contributed by atoms with Crippen molar-refractivity contribution in [1.82, 2.24) is 4.72 Å². The van der Waals surface area contributed by atoms with Crippen LogP contribution in [0.3, 0.4) is 0 Å². The molecule has 1 aliphatic heterocycles. The number of benzene rings is 3. The van der Waals surface area contributed by atoms with Gasteiger partial charge in [-0.25, -0.2) is 8.42 Å². The molecule has 0 fully saturated rings. The zero-order valence-corrected chi connectivity index (χ0v) is 16.7. The van der Waals surface area contributed by atoms with Crippen LogP contribution in [0.15, 0.2) is 87.5 Å². The standard InChI is InChI=1S/C21H17NO5S2/c23-21(24)16(12-14-6-2-1-3-7-14)22-29(25,26)15-10-11-18-20(13-15)28-19-9-5-4-8-17(19)27-18/h1-11,13,16,22H,12H2,(H,23,24). The van der Waals surface area contributed by atoms with Crippen LogP contribution in [0.4, 0.5) is 0 Å². The SMILES string of the molecule is O=C(O)C(Cc1ccccc1)NS(=O)(=O)c1ccc2c(c1)Sc1ccccc1O2. The fourth-order valence-electron chi connectivity index (χ4n) is 2.96. The molecule has 0 spiro atoms. The Morgan fingerprint density at radius 3 is 2.41 bits per heavy atom. The maximum Gasteiger partial charge on any atom is 0.322 e. The highest BCUT2D eigenvalue weighted by Gasteiger charge is 2.27. The molecule has 0 aromatic heterocycles. The van der Waals surface area contributed by atoms with Gasteiger partial charge in [-0.15, -0.1) is 0 Å². The highest BCUT2D eigenvalue weighted by molar-refractivity contribution is 7.99. The molecule has 3 aromatic rings. The molecular weight excluding hydrogens is 410 g/mol. The van der Waals surface area contributed by atoms with Crippen LogP contribution in [-0.4, -0.2) is 25.5 Å². The lowest BCUT2D eigenvalue weighted by Crippen LogP contribution is -2.42. The molecule has 0 radical (unpaired) electrons. The normalized spacial score (nSPS) is 13.7. The van der Waals surface area contributed by atoms with E-state index in [1.54, 1.807) is 30.3 Å². The van der Waals surface area contributed by atoms with E-state index in [0.29, 0.717) is 16.4 Å². The van der Waals surface area contributed by atoms with Gasteiger partial charge >= 0.3 is 5.97 Å². The smallest absolute Gasteiger partial charge is 0.322 e. The Bertz CT molecular complexity index is 1160. The third-order valence-electron chi connectivity index (χ3n) is 4.39. The van der Waals surface area contributed by atoms with E-state index in [-0.39, 0.29) is 11.3 Å². The van der Waals surface area contributed by atoms with Crippen LogP contribution in [0.2, 0.25) is 0 Å². The average Bonchev–Trinajstić information content (AvgIpc) is 2.72. The number of rotatable bonds is 6. The van der Waals surface area contributed by atoms with E-state index in [4.69, 9.17) is 4.74 Å². The number of carbonyl (C=O) groups is 1. The first-order chi connectivity index (χ1) is 13.9. The number of aliphatic carboxylic acids is 1. The Labute approximate surface area is 172 Å². The number of para-hydroxylation sites is 1. The Hall–Kier alpha value is -2.81. The Morgan fingerprint density at radius 1 is 0.966 bits per heavy atom. The van der Waals surface area contributed by atoms with Gasteiger partial charge in [0.15, 0.2) is 0 Å². The molecule has 0 saturated carbocycles. The van der Waals surface area contributed by atoms with Crippen LogP contribution in [0.1, 0.15) is 5.56 Å². The van der Waals surface area contributed by atoms with Gasteiger partial charge in [0.1, 0.15) is 17.5 Å². The van der Waals surface area contributed by atoms with E-state index in [1.807, 2.05) is 30.3 Å². The molecule has 1 aliphatic rings. The molecule has 0 saturated heterocycles. The third kappa shape index (κ3) is 4.29. The van der Waals surface area contributed by atoms with E-state index in [9.17, 15) is 18.3 Å². The largest absolute Gasteiger partial charge is 0.480 e. The minimum atomic E-state index is -4.04. The fourth-order valence-corrected chi connectivity index (χ4v) is 5.24. The predicted molar refractivity (Wildman–Crippen MR) is 109 cm³/mol. The lowest BCUT2D eigenvalue weighted by molar-refractivity contribution is -0.138. The molecule has 1 heterocycles. The van der Waals surface area contributed by atoms with Crippen LogP contribution in [-0.2, 0) is 21.2 Å². The number of hydrogen-bond donors (Lipinski definition) is 2. The first kappa shape index (κ1) is 19.5. The Morgan fingerprint density at radius 2 is 1.66 bits per heavy atom. The van der Waals surface area contributed by atoms with Crippen molar-refractivity contribution in [2.75, 3.05) is 0 Å². The summed E-state index contributed by atoms with van der Waals surface area (Å²) in [4.78, 5) is 13.2. The van der Waals surface area contributed by atoms with Crippen molar-refractivity contribution in [2.45, 2.75) is 27.1 Å². The van der Waals surface area contributed by atoms with Crippen molar-refractivity contribution in [1.29, 1.82) is 0 Å². The molecule has 148 valence electrons. The molecule has 2 N–H and O–H groups in total. The van der Waals surface area contributed by atoms with Gasteiger partial charge in [0.25, 0.3) is 0 Å². The van der Waals surface area contributed by atoms with Gasteiger partial charge in [-0.05, 0) is 42.3 Å². The lowest BCUT2D eigenvalue weighted by atomic mass is 10.1. The molecule has 8 heteroatoms. The molecular formula is C21H17NO5S2. The summed E-state index contributed by atoms with van der Waals surface area (Å²) in [6.45, 7) is 0. The van der Waals surface area contributed by atoms with Crippen LogP contribution in [0, 0.1) is 0 Å². The fraction of sp³-hybridized carbons (Fsp3) is 0.0952. The van der Waals surface area contributed by atoms with E-state index >= 15 is 0 Å². The quantitative estimate of drug-likeness (QED) is 0.485. The van der Waals surface area contributed by atoms with E-state index in [2.05, 4.69) is 4.72 Å². The van der Waals surface area contributed by atoms with Crippen molar-refractivity contribution in [3.63, 3.8) is 0 Å². The maximum atomic E-state index is 12.8. The number of carboxylic acid groups (broad SMARTS) is 1. The minimum Gasteiger partial charge on any atom is -0.480 e. The van der Waals surface area contributed by atoms with E-state index in [0.717, 1.165) is 10.5 Å². The zero-order chi connectivity index (χ0) is 20.4. The van der Waals surface area contributed by atoms with Gasteiger partial charge in [-0.3, -0.25) is 4.79 Å². The number of nitrogens with one attached hydrogen (secondary N) is 1. The first-order valence-corrected chi connectivity index (χ1v) is 11.1. The summed E-state index contributed by atoms with van der Waals surface area (Å²) in [5.74, 6) is 0.0429. The van der Waals surface area contributed by atoms with Gasteiger partial charge in [0, 0.05) is 0 Å². The number of sulfonamides is 1. The summed E-state index contributed by atoms with van der Waals surface area (Å²) in [6.07, 6.45) is 0.0472. The zero-order valence-electron chi connectivity index (χ0n) is 15.1. The summed E-state index contributed by atoms with van der Waals surface area (Å²) >= 11 is 1.41. The summed E-state index contributed by atoms with van der Waals surface area (Å²) in [6, 6.07) is 19.6. The summed E-state index contributed by atoms with van der Waals surface area (Å²) in [5, 5.41) is 9.50. The van der Waals surface area contributed by atoms with Crippen LogP contribution in [0.5, 0.6) is 11.5 Å². The van der Waals surface area contributed by atoms with Crippen molar-refractivity contribution >= 4 is 27.8 Å². The minimum absolute atomic E-state index is 0.00829. The van der Waals surface area contributed by atoms with Crippen LogP contribution < -0.4 is 9.46 Å². The summed E-state index contributed by atoms with van der Waals surface area (Å²) in [5.41, 5.74) is 0.730. The van der Waals surface area contributed by atoms with Crippen LogP contribution in [0.25, 0.3) is 0 Å². The van der Waals surface area contributed by atoms with Gasteiger partial charge in [0.05, 0.1) is 14.7 Å². The highest BCUT2D eigenvalue weighted by atomic mass is 32.2. The van der Waals surface area contributed by atoms with Crippen molar-refractivity contribution < 1.29 is 23.1 Å². The number of ether oxygens (including phenoxy) is 1. The maximum absolute atomic E-state index is 12.8. The number of carboxylic acids is 1. The topological polar surface area (TPSA) is 92.7 Å². The molecule has 0 bridgehead atoms. The van der Waals surface area contributed by atoms with Gasteiger partial charge < -0.3 is 9.84 Å². The van der Waals surface area contributed by atoms with Crippen LogP contribution >= 0.6 is 11.8 Å². The van der Waals surface area contributed by atoms with Crippen molar-refractivity contribution in [3.05, 3.63) is 78.4 Å². The molecule has 1 unspecified atom stereocenters. The summed E-state index contributed by atoms with van der Waals surface area (Å²) in [7, 11) is -4.04. The summed E-state index contributed by atoms with van der Waals surface area (Å²) < 4.78 is 33.8. The number of fused-ring (bicyclic) bond motifs is 2. The monoisotopic (exact) mass is 427 g/mol. The average molecular weight is 428 g/mol. The second-order valence-corrected chi connectivity index (χ2v) is 9.26. The van der Waals surface area contributed by atoms with Gasteiger partial charge in [-0.2, -0.15) is 4.72 Å². The van der Waals surface area contributed by atoms with E-state index < -0.39 is 22.0 Å². The van der Waals surface area contributed by atoms with E-state index in [1.165, 1.54) is 23.9 Å². The van der Waals surface area contributed by atoms with Crippen molar-refractivity contribution in [3.8, 4) is 11.5 Å². The highest BCUT2D eigenvalue weighted by Crippen LogP contribution is 2.47. The second kappa shape index (κ2) is 7.90. The molecule has 0 amide bonds. The molecule has 29 heavy (non-hydrogen) atoms. The van der Waals surface area contributed by atoms with Gasteiger partial charge in [-0.1, -0.05) is 54.2 Å². The second-order valence-electron chi connectivity index (χ2n) is 6.46. The predicted octanol–water partition coefficient (Wildman–Crippen LogP) is 3.92. The molecule has 3 aromatic carbocycles. The Balaban J connectivity index is 1.58. The molecule has 0 aliphatic carbocycles. The van der Waals surface area contributed by atoms with Gasteiger partial charge in [0.2, 0.25) is 10.0 Å². The lowest BCUT2D eigenvalue weighted by Gasteiger charge is -2.20. The van der Waals surface area contributed by atoms with Crippen molar-refractivity contribution in [2.24, 2.45) is 0 Å². The first-order valence-electron chi connectivity index (χ1n) is 8.80. The molecule has 6 nitrogen and oxygen atoms in total.